The summed E-state index contributed by atoms with van der Waals surface area (Å²) in [7, 11) is 0. The summed E-state index contributed by atoms with van der Waals surface area (Å²) in [5.41, 5.74) is 1.29. The molecule has 0 aromatic carbocycles. The molecular weight excluding hydrogens is 224 g/mol. The molecule has 1 aliphatic rings. The van der Waals surface area contributed by atoms with Crippen LogP contribution in [-0.4, -0.2) is 17.4 Å². The van der Waals surface area contributed by atoms with Gasteiger partial charge in [-0.15, -0.1) is 0 Å². The van der Waals surface area contributed by atoms with Gasteiger partial charge in [0.2, 0.25) is 5.91 Å². The van der Waals surface area contributed by atoms with Crippen LogP contribution in [0.5, 0.6) is 0 Å². The number of nitrogens with zero attached hydrogens (tertiary/aromatic N) is 1. The van der Waals surface area contributed by atoms with Crippen LogP contribution in [0.15, 0.2) is 24.5 Å². The van der Waals surface area contributed by atoms with Gasteiger partial charge in [0.15, 0.2) is 0 Å². The summed E-state index contributed by atoms with van der Waals surface area (Å²) in [5.74, 6) is 0.545. The number of carbonyl (C=O) groups is 1. The van der Waals surface area contributed by atoms with E-state index in [9.17, 15) is 4.79 Å². The maximum atomic E-state index is 11.9. The molecule has 3 heteroatoms. The van der Waals surface area contributed by atoms with Crippen LogP contribution >= 0.6 is 0 Å². The van der Waals surface area contributed by atoms with E-state index < -0.39 is 0 Å². The second-order valence-electron chi connectivity index (χ2n) is 5.08. The fourth-order valence-corrected chi connectivity index (χ4v) is 2.56. The van der Waals surface area contributed by atoms with E-state index in [1.165, 1.54) is 24.8 Å². The van der Waals surface area contributed by atoms with Crippen LogP contribution in [0.2, 0.25) is 0 Å². The zero-order chi connectivity index (χ0) is 12.6. The molecule has 1 fully saturated rings. The predicted octanol–water partition coefficient (Wildman–Crippen LogP) is 2.71. The molecule has 1 saturated carbocycles. The summed E-state index contributed by atoms with van der Waals surface area (Å²) in [6.45, 7) is 0.789. The maximum absolute atomic E-state index is 11.9. The monoisotopic (exact) mass is 246 g/mol. The lowest BCUT2D eigenvalue weighted by atomic mass is 9.88. The number of amides is 1. The lowest BCUT2D eigenvalue weighted by molar-refractivity contribution is -0.125. The van der Waals surface area contributed by atoms with Gasteiger partial charge in [0.25, 0.3) is 0 Å². The van der Waals surface area contributed by atoms with E-state index in [4.69, 9.17) is 0 Å². The molecule has 1 N–H and O–H groups in total. The molecule has 2 rings (SSSR count). The zero-order valence-corrected chi connectivity index (χ0v) is 10.9. The van der Waals surface area contributed by atoms with Gasteiger partial charge in [0, 0.05) is 24.9 Å². The molecule has 98 valence electrons. The minimum Gasteiger partial charge on any atom is -0.356 e. The van der Waals surface area contributed by atoms with Crippen molar-refractivity contribution < 1.29 is 4.79 Å². The molecule has 1 amide bonds. The molecule has 0 aliphatic heterocycles. The molecule has 1 aromatic rings. The van der Waals surface area contributed by atoms with E-state index in [1.807, 2.05) is 24.5 Å². The van der Waals surface area contributed by atoms with E-state index in [0.717, 1.165) is 32.2 Å². The molecule has 18 heavy (non-hydrogen) atoms. The van der Waals surface area contributed by atoms with Crippen LogP contribution in [0.4, 0.5) is 0 Å². The minimum atomic E-state index is 0.268. The Labute approximate surface area is 109 Å². The van der Waals surface area contributed by atoms with Gasteiger partial charge in [-0.25, -0.2) is 0 Å². The maximum Gasteiger partial charge on any atom is 0.223 e. The van der Waals surface area contributed by atoms with Crippen molar-refractivity contribution in [1.29, 1.82) is 0 Å². The van der Waals surface area contributed by atoms with E-state index >= 15 is 0 Å². The van der Waals surface area contributed by atoms with Crippen molar-refractivity contribution in [3.05, 3.63) is 30.1 Å². The van der Waals surface area contributed by atoms with Gasteiger partial charge in [-0.05, 0) is 43.4 Å². The van der Waals surface area contributed by atoms with Crippen molar-refractivity contribution in [2.75, 3.05) is 6.54 Å². The molecule has 1 aromatic heterocycles. The summed E-state index contributed by atoms with van der Waals surface area (Å²) in [6.07, 6.45) is 11.5. The average molecular weight is 246 g/mol. The number of aryl methyl sites for hydroxylation is 1. The van der Waals surface area contributed by atoms with Gasteiger partial charge in [-0.1, -0.05) is 19.3 Å². The molecule has 0 atom stereocenters. The fraction of sp³-hybridized carbons (Fsp3) is 0.600. The largest absolute Gasteiger partial charge is 0.356 e. The van der Waals surface area contributed by atoms with E-state index in [2.05, 4.69) is 10.3 Å². The minimum absolute atomic E-state index is 0.268. The molecule has 0 saturated heterocycles. The standard InChI is InChI=1S/C15H22N2O/c18-15(14-6-2-1-3-7-14)17-10-4-5-13-8-11-16-12-9-13/h8-9,11-12,14H,1-7,10H2,(H,17,18). The number of hydrogen-bond donors (Lipinski definition) is 1. The van der Waals surface area contributed by atoms with Crippen molar-refractivity contribution in [2.45, 2.75) is 44.9 Å². The number of hydrogen-bond acceptors (Lipinski definition) is 2. The van der Waals surface area contributed by atoms with Gasteiger partial charge in [-0.2, -0.15) is 0 Å². The predicted molar refractivity (Wildman–Crippen MR) is 72.1 cm³/mol. The van der Waals surface area contributed by atoms with Crippen LogP contribution in [0, 0.1) is 5.92 Å². The van der Waals surface area contributed by atoms with Gasteiger partial charge in [-0.3, -0.25) is 9.78 Å². The summed E-state index contributed by atoms with van der Waals surface area (Å²) in [6, 6.07) is 4.06. The zero-order valence-electron chi connectivity index (χ0n) is 10.9. The SMILES string of the molecule is O=C(NCCCc1ccncc1)C1CCCCC1. The summed E-state index contributed by atoms with van der Waals surface area (Å²) >= 11 is 0. The first-order valence-electron chi connectivity index (χ1n) is 7.03. The van der Waals surface area contributed by atoms with Crippen molar-refractivity contribution in [3.8, 4) is 0 Å². The van der Waals surface area contributed by atoms with Gasteiger partial charge < -0.3 is 5.32 Å². The Morgan fingerprint density at radius 3 is 2.67 bits per heavy atom. The van der Waals surface area contributed by atoms with Crippen molar-refractivity contribution in [1.82, 2.24) is 10.3 Å². The Balaban J connectivity index is 1.61. The number of aromatic nitrogens is 1. The van der Waals surface area contributed by atoms with E-state index in [0.29, 0.717) is 0 Å². The Morgan fingerprint density at radius 1 is 1.22 bits per heavy atom. The average Bonchev–Trinajstić information content (AvgIpc) is 2.45. The Morgan fingerprint density at radius 2 is 1.94 bits per heavy atom. The molecule has 0 bridgehead atoms. The third-order valence-electron chi connectivity index (χ3n) is 3.67. The first-order valence-corrected chi connectivity index (χ1v) is 7.03. The summed E-state index contributed by atoms with van der Waals surface area (Å²) in [4.78, 5) is 15.9. The van der Waals surface area contributed by atoms with Crippen molar-refractivity contribution >= 4 is 5.91 Å². The Bertz CT molecular complexity index is 358. The Hall–Kier alpha value is -1.38. The van der Waals surface area contributed by atoms with Crippen LogP contribution in [0.25, 0.3) is 0 Å². The van der Waals surface area contributed by atoms with Crippen LogP contribution in [-0.2, 0) is 11.2 Å². The normalized spacial score (nSPS) is 16.4. The first-order chi connectivity index (χ1) is 8.86. The summed E-state index contributed by atoms with van der Waals surface area (Å²) < 4.78 is 0. The number of carbonyl (C=O) groups excluding carboxylic acids is 1. The fourth-order valence-electron chi connectivity index (χ4n) is 2.56. The van der Waals surface area contributed by atoms with E-state index in [-0.39, 0.29) is 11.8 Å². The van der Waals surface area contributed by atoms with Gasteiger partial charge in [0.1, 0.15) is 0 Å². The smallest absolute Gasteiger partial charge is 0.223 e. The summed E-state index contributed by atoms with van der Waals surface area (Å²) in [5, 5.41) is 3.07. The van der Waals surface area contributed by atoms with Gasteiger partial charge in [0.05, 0.1) is 0 Å². The number of rotatable bonds is 5. The quantitative estimate of drug-likeness (QED) is 0.812. The van der Waals surface area contributed by atoms with Crippen molar-refractivity contribution in [3.63, 3.8) is 0 Å². The molecule has 1 heterocycles. The third-order valence-corrected chi connectivity index (χ3v) is 3.67. The second kappa shape index (κ2) is 7.14. The molecule has 1 aliphatic carbocycles. The van der Waals surface area contributed by atoms with Crippen LogP contribution in [0.3, 0.4) is 0 Å². The lowest BCUT2D eigenvalue weighted by Crippen LogP contribution is -2.32. The highest BCUT2D eigenvalue weighted by molar-refractivity contribution is 5.78. The topological polar surface area (TPSA) is 42.0 Å². The molecule has 0 unspecified atom stereocenters. The van der Waals surface area contributed by atoms with Gasteiger partial charge >= 0.3 is 0 Å². The molecule has 0 radical (unpaired) electrons. The third kappa shape index (κ3) is 4.13. The van der Waals surface area contributed by atoms with Crippen LogP contribution in [0.1, 0.15) is 44.1 Å². The number of nitrogens with one attached hydrogen (secondary N) is 1. The highest BCUT2D eigenvalue weighted by Gasteiger charge is 2.20. The Kier molecular flexibility index (Phi) is 5.18. The highest BCUT2D eigenvalue weighted by atomic mass is 16.1. The van der Waals surface area contributed by atoms with Crippen LogP contribution < -0.4 is 5.32 Å². The first kappa shape index (κ1) is 13.1. The molecular formula is C15H22N2O. The lowest BCUT2D eigenvalue weighted by Gasteiger charge is -2.20. The van der Waals surface area contributed by atoms with Crippen molar-refractivity contribution in [2.24, 2.45) is 5.92 Å². The van der Waals surface area contributed by atoms with E-state index in [1.54, 1.807) is 0 Å². The highest BCUT2D eigenvalue weighted by Crippen LogP contribution is 2.23. The second-order valence-corrected chi connectivity index (χ2v) is 5.08. The number of pyridine rings is 1. The molecule has 3 nitrogen and oxygen atoms in total. The molecule has 0 spiro atoms.